The van der Waals surface area contributed by atoms with Gasteiger partial charge in [-0.15, -0.1) is 0 Å². The van der Waals surface area contributed by atoms with Gasteiger partial charge >= 0.3 is 6.09 Å². The van der Waals surface area contributed by atoms with E-state index in [9.17, 15) is 9.59 Å². The molecular formula is C20H20N4O4. The zero-order chi connectivity index (χ0) is 19.9. The maximum absolute atomic E-state index is 12.7. The van der Waals surface area contributed by atoms with Crippen LogP contribution in [0, 0.1) is 0 Å². The van der Waals surface area contributed by atoms with Crippen molar-refractivity contribution >= 4 is 12.0 Å². The minimum absolute atomic E-state index is 0.195. The molecule has 1 heterocycles. The Morgan fingerprint density at radius 2 is 1.75 bits per heavy atom. The molecule has 2 N–H and O–H groups in total. The number of benzene rings is 2. The van der Waals surface area contributed by atoms with E-state index in [-0.39, 0.29) is 12.2 Å². The van der Waals surface area contributed by atoms with Crippen LogP contribution in [-0.2, 0) is 4.74 Å². The van der Waals surface area contributed by atoms with Crippen molar-refractivity contribution < 1.29 is 19.1 Å². The van der Waals surface area contributed by atoms with Crippen LogP contribution >= 0.6 is 0 Å². The fraction of sp³-hybridized carbons (Fsp3) is 0.150. The van der Waals surface area contributed by atoms with E-state index in [1.165, 1.54) is 0 Å². The number of ether oxygens (including phenoxy) is 2. The van der Waals surface area contributed by atoms with Gasteiger partial charge in [0.2, 0.25) is 0 Å². The molecule has 144 valence electrons. The van der Waals surface area contributed by atoms with Gasteiger partial charge in [0.25, 0.3) is 5.91 Å². The maximum Gasteiger partial charge on any atom is 0.426 e. The average Bonchev–Trinajstić information content (AvgIpc) is 3.18. The van der Waals surface area contributed by atoms with Crippen molar-refractivity contribution in [2.24, 2.45) is 0 Å². The molecule has 2 aromatic carbocycles. The fourth-order valence-electron chi connectivity index (χ4n) is 2.63. The van der Waals surface area contributed by atoms with Crippen molar-refractivity contribution in [3.63, 3.8) is 0 Å². The molecule has 0 spiro atoms. The van der Waals surface area contributed by atoms with Gasteiger partial charge in [-0.3, -0.25) is 10.2 Å². The van der Waals surface area contributed by atoms with Crippen LogP contribution in [0.25, 0.3) is 16.9 Å². The minimum Gasteiger partial charge on any atom is -0.496 e. The summed E-state index contributed by atoms with van der Waals surface area (Å²) >= 11 is 0. The maximum atomic E-state index is 12.7. The Kier molecular flexibility index (Phi) is 5.91. The summed E-state index contributed by atoms with van der Waals surface area (Å²) in [6.07, 6.45) is 0.851. The Morgan fingerprint density at radius 3 is 2.46 bits per heavy atom. The average molecular weight is 380 g/mol. The number of carbonyl (C=O) groups is 2. The first-order valence-electron chi connectivity index (χ1n) is 8.65. The minimum atomic E-state index is -0.745. The standard InChI is InChI=1S/C20H20N4O4/c1-3-28-20(26)22-21-19(25)16-13-24(14-9-5-4-6-10-14)23-18(16)15-11-7-8-12-17(15)27-2/h4-13H,3H2,1-2H3,(H,21,25)(H,22,26). The lowest BCUT2D eigenvalue weighted by atomic mass is 10.1. The van der Waals surface area contributed by atoms with Crippen LogP contribution in [0.4, 0.5) is 4.79 Å². The van der Waals surface area contributed by atoms with Crippen LogP contribution in [0.1, 0.15) is 17.3 Å². The van der Waals surface area contributed by atoms with Gasteiger partial charge in [0.05, 0.1) is 25.0 Å². The van der Waals surface area contributed by atoms with E-state index in [4.69, 9.17) is 9.47 Å². The van der Waals surface area contributed by atoms with Crippen LogP contribution in [0.2, 0.25) is 0 Å². The highest BCUT2D eigenvalue weighted by atomic mass is 16.6. The molecule has 0 atom stereocenters. The normalized spacial score (nSPS) is 10.2. The summed E-state index contributed by atoms with van der Waals surface area (Å²) < 4.78 is 11.8. The zero-order valence-electron chi connectivity index (χ0n) is 15.5. The number of nitrogens with zero attached hydrogens (tertiary/aromatic N) is 2. The molecule has 2 amide bonds. The molecule has 0 aliphatic rings. The molecule has 0 aliphatic heterocycles. The van der Waals surface area contributed by atoms with Crippen LogP contribution in [0.5, 0.6) is 5.75 Å². The molecule has 0 fully saturated rings. The quantitative estimate of drug-likeness (QED) is 0.664. The first-order chi connectivity index (χ1) is 13.6. The van der Waals surface area contributed by atoms with Crippen molar-refractivity contribution in [1.29, 1.82) is 0 Å². The highest BCUT2D eigenvalue weighted by Gasteiger charge is 2.21. The molecule has 0 bridgehead atoms. The number of nitrogens with one attached hydrogen (secondary N) is 2. The Hall–Kier alpha value is -3.81. The molecule has 1 aromatic heterocycles. The van der Waals surface area contributed by atoms with Crippen molar-refractivity contribution in [3.8, 4) is 22.7 Å². The number of para-hydroxylation sites is 2. The summed E-state index contributed by atoms with van der Waals surface area (Å²) in [5.41, 5.74) is 6.68. The second kappa shape index (κ2) is 8.72. The highest BCUT2D eigenvalue weighted by Crippen LogP contribution is 2.31. The number of hydrogen-bond donors (Lipinski definition) is 2. The first kappa shape index (κ1) is 19.0. The summed E-state index contributed by atoms with van der Waals surface area (Å²) in [7, 11) is 1.55. The van der Waals surface area contributed by atoms with E-state index in [2.05, 4.69) is 16.0 Å². The molecule has 3 aromatic rings. The molecule has 0 radical (unpaired) electrons. The summed E-state index contributed by atoms with van der Waals surface area (Å²) in [4.78, 5) is 24.2. The van der Waals surface area contributed by atoms with Crippen LogP contribution in [0.3, 0.4) is 0 Å². The number of hydrogen-bond acceptors (Lipinski definition) is 5. The number of hydrazine groups is 1. The molecule has 0 aliphatic carbocycles. The van der Waals surface area contributed by atoms with Crippen molar-refractivity contribution in [3.05, 3.63) is 66.4 Å². The third kappa shape index (κ3) is 4.12. The number of rotatable bonds is 5. The number of aromatic nitrogens is 2. The van der Waals surface area contributed by atoms with Gasteiger partial charge in [-0.25, -0.2) is 14.9 Å². The number of carbonyl (C=O) groups excluding carboxylic acids is 2. The highest BCUT2D eigenvalue weighted by molar-refractivity contribution is 6.01. The summed E-state index contributed by atoms with van der Waals surface area (Å²) in [6.45, 7) is 1.87. The summed E-state index contributed by atoms with van der Waals surface area (Å²) in [5, 5.41) is 4.58. The van der Waals surface area contributed by atoms with E-state index < -0.39 is 12.0 Å². The van der Waals surface area contributed by atoms with Gasteiger partial charge in [-0.2, -0.15) is 5.10 Å². The largest absolute Gasteiger partial charge is 0.496 e. The topological polar surface area (TPSA) is 94.5 Å². The molecular weight excluding hydrogens is 360 g/mol. The predicted molar refractivity (Wildman–Crippen MR) is 103 cm³/mol. The smallest absolute Gasteiger partial charge is 0.426 e. The Bertz CT molecular complexity index is 969. The summed E-state index contributed by atoms with van der Waals surface area (Å²) in [6, 6.07) is 16.7. The van der Waals surface area contributed by atoms with E-state index in [0.717, 1.165) is 5.69 Å². The van der Waals surface area contributed by atoms with Gasteiger partial charge in [-0.05, 0) is 31.2 Å². The van der Waals surface area contributed by atoms with E-state index >= 15 is 0 Å². The lowest BCUT2D eigenvalue weighted by Crippen LogP contribution is -2.42. The predicted octanol–water partition coefficient (Wildman–Crippen LogP) is 2.94. The monoisotopic (exact) mass is 380 g/mol. The Labute approximate surface area is 162 Å². The molecule has 0 saturated carbocycles. The zero-order valence-corrected chi connectivity index (χ0v) is 15.5. The second-order valence-corrected chi connectivity index (χ2v) is 5.67. The van der Waals surface area contributed by atoms with E-state index in [0.29, 0.717) is 17.0 Å². The van der Waals surface area contributed by atoms with E-state index in [1.54, 1.807) is 31.0 Å². The molecule has 0 saturated heterocycles. The molecule has 28 heavy (non-hydrogen) atoms. The third-order valence-corrected chi connectivity index (χ3v) is 3.90. The molecule has 8 heteroatoms. The number of methoxy groups -OCH3 is 1. The van der Waals surface area contributed by atoms with Crippen molar-refractivity contribution in [2.45, 2.75) is 6.92 Å². The van der Waals surface area contributed by atoms with Crippen LogP contribution in [-0.4, -0.2) is 35.5 Å². The SMILES string of the molecule is CCOC(=O)NNC(=O)c1cn(-c2ccccc2)nc1-c1ccccc1OC. The Balaban J connectivity index is 2.00. The second-order valence-electron chi connectivity index (χ2n) is 5.67. The van der Waals surface area contributed by atoms with Crippen LogP contribution in [0.15, 0.2) is 60.8 Å². The van der Waals surface area contributed by atoms with Gasteiger partial charge in [0.1, 0.15) is 11.4 Å². The van der Waals surface area contributed by atoms with Crippen molar-refractivity contribution in [1.82, 2.24) is 20.6 Å². The van der Waals surface area contributed by atoms with Crippen LogP contribution < -0.4 is 15.6 Å². The first-order valence-corrected chi connectivity index (χ1v) is 8.65. The number of amides is 2. The Morgan fingerprint density at radius 1 is 1.04 bits per heavy atom. The van der Waals surface area contributed by atoms with Gasteiger partial charge < -0.3 is 9.47 Å². The molecule has 3 rings (SSSR count). The molecule has 0 unspecified atom stereocenters. The van der Waals surface area contributed by atoms with Gasteiger partial charge in [-0.1, -0.05) is 30.3 Å². The fourth-order valence-corrected chi connectivity index (χ4v) is 2.63. The third-order valence-electron chi connectivity index (χ3n) is 3.90. The molecule has 8 nitrogen and oxygen atoms in total. The van der Waals surface area contributed by atoms with Gasteiger partial charge in [0, 0.05) is 11.8 Å². The van der Waals surface area contributed by atoms with E-state index in [1.807, 2.05) is 48.5 Å². The lowest BCUT2D eigenvalue weighted by Gasteiger charge is -2.09. The summed E-state index contributed by atoms with van der Waals surface area (Å²) in [5.74, 6) is 0.0457. The van der Waals surface area contributed by atoms with Gasteiger partial charge in [0.15, 0.2) is 0 Å². The lowest BCUT2D eigenvalue weighted by molar-refractivity contribution is 0.0913. The van der Waals surface area contributed by atoms with Crippen molar-refractivity contribution in [2.75, 3.05) is 13.7 Å².